The van der Waals surface area contributed by atoms with Crippen LogP contribution < -0.4 is 0 Å². The van der Waals surface area contributed by atoms with Crippen molar-refractivity contribution in [1.29, 1.82) is 0 Å². The third-order valence-electron chi connectivity index (χ3n) is 3.44. The Hall–Kier alpha value is -1.64. The lowest BCUT2D eigenvalue weighted by molar-refractivity contribution is -0.131. The van der Waals surface area contributed by atoms with Crippen LogP contribution in [0, 0.1) is 0 Å². The maximum atomic E-state index is 11.6. The number of hydrogen-bond donors (Lipinski definition) is 1. The molecule has 0 radical (unpaired) electrons. The number of rotatable bonds is 3. The number of Topliss-reactive ketones (excluding diaryl/α,β-unsaturated/α-hetero) is 1. The van der Waals surface area contributed by atoms with Gasteiger partial charge in [-0.15, -0.1) is 0 Å². The smallest absolute Gasteiger partial charge is 0.377 e. The van der Waals surface area contributed by atoms with Crippen molar-refractivity contribution in [2.75, 3.05) is 0 Å². The molecule has 1 aromatic carbocycles. The summed E-state index contributed by atoms with van der Waals surface area (Å²) < 4.78 is 0. The highest BCUT2D eigenvalue weighted by Gasteiger charge is 2.23. The Morgan fingerprint density at radius 2 is 1.71 bits per heavy atom. The van der Waals surface area contributed by atoms with Crippen molar-refractivity contribution < 1.29 is 14.7 Å². The van der Waals surface area contributed by atoms with E-state index in [0.29, 0.717) is 11.5 Å². The Morgan fingerprint density at radius 3 is 2.35 bits per heavy atom. The molecule has 1 saturated carbocycles. The summed E-state index contributed by atoms with van der Waals surface area (Å²) in [5.74, 6) is -1.80. The Bertz CT molecular complexity index is 431. The third kappa shape index (κ3) is 2.54. The third-order valence-corrected chi connectivity index (χ3v) is 3.44. The summed E-state index contributed by atoms with van der Waals surface area (Å²) in [6, 6.07) is 7.12. The van der Waals surface area contributed by atoms with Gasteiger partial charge in [0, 0.05) is 5.56 Å². The van der Waals surface area contributed by atoms with Crippen LogP contribution in [0.2, 0.25) is 0 Å². The van der Waals surface area contributed by atoms with Crippen LogP contribution in [-0.2, 0) is 4.79 Å². The van der Waals surface area contributed by atoms with Gasteiger partial charge in [0.05, 0.1) is 0 Å². The van der Waals surface area contributed by atoms with Crippen molar-refractivity contribution in [1.82, 2.24) is 0 Å². The van der Waals surface area contributed by atoms with Crippen molar-refractivity contribution in [2.45, 2.75) is 38.0 Å². The average Bonchev–Trinajstić information content (AvgIpc) is 2.39. The van der Waals surface area contributed by atoms with Crippen LogP contribution in [0.25, 0.3) is 0 Å². The lowest BCUT2D eigenvalue weighted by Crippen LogP contribution is -2.17. The summed E-state index contributed by atoms with van der Waals surface area (Å²) in [6.07, 6.45) is 5.69. The number of carbonyl (C=O) groups is 2. The molecule has 0 spiro atoms. The summed E-state index contributed by atoms with van der Waals surface area (Å²) in [4.78, 5) is 22.4. The zero-order valence-electron chi connectivity index (χ0n) is 9.69. The summed E-state index contributed by atoms with van der Waals surface area (Å²) in [5, 5.41) is 8.81. The van der Waals surface area contributed by atoms with Crippen LogP contribution in [0.5, 0.6) is 0 Å². The fraction of sp³-hybridized carbons (Fsp3) is 0.429. The summed E-state index contributed by atoms with van der Waals surface area (Å²) in [7, 11) is 0. The molecule has 0 saturated heterocycles. The van der Waals surface area contributed by atoms with Gasteiger partial charge in [-0.1, -0.05) is 43.5 Å². The fourth-order valence-corrected chi connectivity index (χ4v) is 2.59. The minimum Gasteiger partial charge on any atom is -0.475 e. The van der Waals surface area contributed by atoms with Gasteiger partial charge in [-0.3, -0.25) is 4.79 Å². The summed E-state index contributed by atoms with van der Waals surface area (Å²) >= 11 is 0. The molecule has 2 rings (SSSR count). The second kappa shape index (κ2) is 5.13. The van der Waals surface area contributed by atoms with E-state index < -0.39 is 11.8 Å². The number of carbonyl (C=O) groups excluding carboxylic acids is 1. The highest BCUT2D eigenvalue weighted by Crippen LogP contribution is 2.34. The van der Waals surface area contributed by atoms with Crippen molar-refractivity contribution >= 4 is 11.8 Å². The maximum absolute atomic E-state index is 11.6. The Kier molecular flexibility index (Phi) is 3.57. The Morgan fingerprint density at radius 1 is 1.06 bits per heavy atom. The van der Waals surface area contributed by atoms with E-state index in [2.05, 4.69) is 0 Å². The number of carboxylic acids is 1. The first kappa shape index (κ1) is 11.8. The summed E-state index contributed by atoms with van der Waals surface area (Å²) in [5.41, 5.74) is 1.28. The Balaban J connectivity index is 2.32. The van der Waals surface area contributed by atoms with E-state index in [1.54, 1.807) is 12.1 Å². The Labute approximate surface area is 100 Å². The van der Waals surface area contributed by atoms with Crippen molar-refractivity contribution in [2.24, 2.45) is 0 Å². The van der Waals surface area contributed by atoms with E-state index in [0.717, 1.165) is 18.4 Å². The molecule has 3 heteroatoms. The van der Waals surface area contributed by atoms with Gasteiger partial charge >= 0.3 is 5.97 Å². The van der Waals surface area contributed by atoms with Crippen LogP contribution in [0.4, 0.5) is 0 Å². The molecule has 0 amide bonds. The zero-order chi connectivity index (χ0) is 12.3. The predicted molar refractivity (Wildman–Crippen MR) is 64.2 cm³/mol. The molecular formula is C14H16O3. The molecule has 3 nitrogen and oxygen atoms in total. The van der Waals surface area contributed by atoms with Crippen LogP contribution >= 0.6 is 0 Å². The highest BCUT2D eigenvalue weighted by atomic mass is 16.4. The van der Waals surface area contributed by atoms with Crippen LogP contribution in [0.15, 0.2) is 24.3 Å². The van der Waals surface area contributed by atoms with E-state index >= 15 is 0 Å². The van der Waals surface area contributed by atoms with Gasteiger partial charge in [0.15, 0.2) is 0 Å². The molecule has 0 aromatic heterocycles. The zero-order valence-corrected chi connectivity index (χ0v) is 9.69. The molecule has 1 aliphatic rings. The molecule has 0 bridgehead atoms. The van der Waals surface area contributed by atoms with Gasteiger partial charge in [0.25, 0.3) is 5.78 Å². The SMILES string of the molecule is O=C(O)C(=O)c1ccccc1C1CCCCC1. The molecule has 0 heterocycles. The van der Waals surface area contributed by atoms with Crippen LogP contribution in [0.3, 0.4) is 0 Å². The first-order valence-corrected chi connectivity index (χ1v) is 6.06. The molecule has 1 aliphatic carbocycles. The largest absolute Gasteiger partial charge is 0.475 e. The number of hydrogen-bond acceptors (Lipinski definition) is 2. The van der Waals surface area contributed by atoms with Gasteiger partial charge in [-0.25, -0.2) is 4.79 Å². The molecular weight excluding hydrogens is 216 g/mol. The molecule has 0 aliphatic heterocycles. The van der Waals surface area contributed by atoms with Crippen molar-refractivity contribution in [3.05, 3.63) is 35.4 Å². The lowest BCUT2D eigenvalue weighted by Gasteiger charge is -2.23. The van der Waals surface area contributed by atoms with E-state index in [9.17, 15) is 9.59 Å². The highest BCUT2D eigenvalue weighted by molar-refractivity contribution is 6.40. The first-order valence-electron chi connectivity index (χ1n) is 6.06. The number of benzene rings is 1. The normalized spacial score (nSPS) is 16.7. The van der Waals surface area contributed by atoms with Crippen LogP contribution in [-0.4, -0.2) is 16.9 Å². The molecule has 1 aromatic rings. The molecule has 0 atom stereocenters. The van der Waals surface area contributed by atoms with Gasteiger partial charge < -0.3 is 5.11 Å². The number of carboxylic acid groups (broad SMARTS) is 1. The summed E-state index contributed by atoms with van der Waals surface area (Å²) in [6.45, 7) is 0. The monoisotopic (exact) mass is 232 g/mol. The van der Waals surface area contributed by atoms with Gasteiger partial charge in [-0.05, 0) is 24.3 Å². The van der Waals surface area contributed by atoms with Gasteiger partial charge in [-0.2, -0.15) is 0 Å². The quantitative estimate of drug-likeness (QED) is 0.643. The molecule has 0 unspecified atom stereocenters. The molecule has 90 valence electrons. The standard InChI is InChI=1S/C14H16O3/c15-13(14(16)17)12-9-5-4-8-11(12)10-6-2-1-3-7-10/h4-5,8-10H,1-3,6-7H2,(H,16,17). The van der Waals surface area contributed by atoms with Gasteiger partial charge in [0.1, 0.15) is 0 Å². The topological polar surface area (TPSA) is 54.4 Å². The van der Waals surface area contributed by atoms with Crippen molar-refractivity contribution in [3.8, 4) is 0 Å². The minimum atomic E-state index is -1.37. The average molecular weight is 232 g/mol. The molecule has 1 N–H and O–H groups in total. The maximum Gasteiger partial charge on any atom is 0.377 e. The van der Waals surface area contributed by atoms with Crippen LogP contribution in [0.1, 0.15) is 53.9 Å². The van der Waals surface area contributed by atoms with E-state index in [-0.39, 0.29) is 0 Å². The van der Waals surface area contributed by atoms with E-state index in [4.69, 9.17) is 5.11 Å². The minimum absolute atomic E-state index is 0.350. The van der Waals surface area contributed by atoms with E-state index in [1.165, 1.54) is 19.3 Å². The van der Waals surface area contributed by atoms with E-state index in [1.807, 2.05) is 12.1 Å². The first-order chi connectivity index (χ1) is 8.20. The fourth-order valence-electron chi connectivity index (χ4n) is 2.59. The molecule has 17 heavy (non-hydrogen) atoms. The number of ketones is 1. The predicted octanol–water partition coefficient (Wildman–Crippen LogP) is 3.00. The molecule has 1 fully saturated rings. The lowest BCUT2D eigenvalue weighted by atomic mass is 9.81. The number of aliphatic carboxylic acids is 1. The second-order valence-corrected chi connectivity index (χ2v) is 4.56. The van der Waals surface area contributed by atoms with Gasteiger partial charge in [0.2, 0.25) is 0 Å². The van der Waals surface area contributed by atoms with Crippen molar-refractivity contribution in [3.63, 3.8) is 0 Å². The second-order valence-electron chi connectivity index (χ2n) is 4.56.